The number of ether oxygens (including phenoxy) is 1. The summed E-state index contributed by atoms with van der Waals surface area (Å²) < 4.78 is 6.27. The van der Waals surface area contributed by atoms with Crippen molar-refractivity contribution in [2.24, 2.45) is 0 Å². The zero-order valence-electron chi connectivity index (χ0n) is 9.17. The molecule has 1 aromatic carbocycles. The molecule has 0 radical (unpaired) electrons. The van der Waals surface area contributed by atoms with Gasteiger partial charge in [-0.25, -0.2) is 0 Å². The second kappa shape index (κ2) is 4.85. The van der Waals surface area contributed by atoms with Gasteiger partial charge in [-0.1, -0.05) is 0 Å². The van der Waals surface area contributed by atoms with Gasteiger partial charge in [0.25, 0.3) is 0 Å². The lowest BCUT2D eigenvalue weighted by atomic mass is 9.99. The maximum Gasteiger partial charge on any atom is 0.308 e. The van der Waals surface area contributed by atoms with Crippen molar-refractivity contribution >= 4 is 37.8 Å². The number of halogens is 2. The predicted molar refractivity (Wildman–Crippen MR) is 68.4 cm³/mol. The minimum atomic E-state index is -0.945. The third-order valence-corrected chi connectivity index (χ3v) is 3.13. The highest BCUT2D eigenvalue weighted by atomic mass is 79.9. The molecule has 0 aromatic heterocycles. The van der Waals surface area contributed by atoms with E-state index in [0.717, 1.165) is 5.56 Å². The molecule has 0 bridgehead atoms. The first-order chi connectivity index (χ1) is 7.21. The Morgan fingerprint density at radius 1 is 1.31 bits per heavy atom. The number of hydrogen-bond donors (Lipinski definition) is 1. The monoisotopic (exact) mass is 350 g/mol. The minimum absolute atomic E-state index is 0.391. The smallest absolute Gasteiger partial charge is 0.308 e. The Morgan fingerprint density at radius 2 is 1.75 bits per heavy atom. The van der Waals surface area contributed by atoms with Gasteiger partial charge in [0.15, 0.2) is 5.75 Å². The lowest BCUT2D eigenvalue weighted by Gasteiger charge is -2.19. The maximum atomic E-state index is 10.9. The van der Waals surface area contributed by atoms with E-state index < -0.39 is 11.6 Å². The van der Waals surface area contributed by atoms with Crippen LogP contribution in [0.4, 0.5) is 0 Å². The first kappa shape index (κ1) is 13.7. The van der Waals surface area contributed by atoms with Crippen LogP contribution in [0, 0.1) is 0 Å². The number of rotatable bonds is 2. The first-order valence-corrected chi connectivity index (χ1v) is 6.20. The van der Waals surface area contributed by atoms with E-state index in [-0.39, 0.29) is 0 Å². The molecule has 0 heterocycles. The highest BCUT2D eigenvalue weighted by Gasteiger charge is 2.20. The molecular weight excluding hydrogens is 340 g/mol. The van der Waals surface area contributed by atoms with Crippen molar-refractivity contribution in [3.05, 3.63) is 26.6 Å². The summed E-state index contributed by atoms with van der Waals surface area (Å²) in [6, 6.07) is 3.45. The minimum Gasteiger partial charge on any atom is -0.424 e. The van der Waals surface area contributed by atoms with Crippen LogP contribution in [-0.4, -0.2) is 11.1 Å². The summed E-state index contributed by atoms with van der Waals surface area (Å²) in [7, 11) is 0. The Hall–Kier alpha value is -0.390. The van der Waals surface area contributed by atoms with E-state index in [1.807, 2.05) is 0 Å². The summed E-state index contributed by atoms with van der Waals surface area (Å²) in [5.41, 5.74) is -0.220. The van der Waals surface area contributed by atoms with E-state index in [0.29, 0.717) is 14.7 Å². The van der Waals surface area contributed by atoms with Gasteiger partial charge in [-0.15, -0.1) is 0 Å². The largest absolute Gasteiger partial charge is 0.424 e. The van der Waals surface area contributed by atoms with Crippen molar-refractivity contribution in [3.63, 3.8) is 0 Å². The second-order valence-corrected chi connectivity index (χ2v) is 5.63. The molecule has 0 atom stereocenters. The lowest BCUT2D eigenvalue weighted by molar-refractivity contribution is -0.131. The molecule has 1 aromatic rings. The number of benzene rings is 1. The van der Waals surface area contributed by atoms with E-state index in [2.05, 4.69) is 31.9 Å². The van der Waals surface area contributed by atoms with Crippen LogP contribution in [-0.2, 0) is 10.4 Å². The van der Waals surface area contributed by atoms with Crippen molar-refractivity contribution < 1.29 is 14.6 Å². The second-order valence-electron chi connectivity index (χ2n) is 3.92. The standard InChI is InChI=1S/C11H12Br2O3/c1-6(14)16-10-8(12)4-7(5-9(10)13)11(2,3)15/h4-5,15H,1-3H3. The molecule has 0 aliphatic heterocycles. The fraction of sp³-hybridized carbons (Fsp3) is 0.364. The number of carbonyl (C=O) groups excluding carboxylic acids is 1. The molecule has 3 nitrogen and oxygen atoms in total. The molecular formula is C11H12Br2O3. The molecule has 0 saturated carbocycles. The van der Waals surface area contributed by atoms with Crippen LogP contribution in [0.5, 0.6) is 5.75 Å². The molecule has 0 amide bonds. The van der Waals surface area contributed by atoms with Gasteiger partial charge < -0.3 is 9.84 Å². The summed E-state index contributed by atoms with van der Waals surface area (Å²) >= 11 is 6.60. The SMILES string of the molecule is CC(=O)Oc1c(Br)cc(C(C)(C)O)cc1Br. The Balaban J connectivity index is 3.23. The Kier molecular flexibility index (Phi) is 4.15. The van der Waals surface area contributed by atoms with Gasteiger partial charge in [0.2, 0.25) is 0 Å². The molecule has 1 N–H and O–H groups in total. The van der Waals surface area contributed by atoms with Crippen LogP contribution >= 0.6 is 31.9 Å². The van der Waals surface area contributed by atoms with Crippen LogP contribution < -0.4 is 4.74 Å². The van der Waals surface area contributed by atoms with Crippen LogP contribution in [0.15, 0.2) is 21.1 Å². The summed E-state index contributed by atoms with van der Waals surface area (Å²) in [4.78, 5) is 10.9. The molecule has 0 fully saturated rings. The van der Waals surface area contributed by atoms with Crippen molar-refractivity contribution in [3.8, 4) is 5.75 Å². The first-order valence-electron chi connectivity index (χ1n) is 4.62. The third-order valence-electron chi connectivity index (χ3n) is 1.95. The number of hydrogen-bond acceptors (Lipinski definition) is 3. The van der Waals surface area contributed by atoms with Crippen LogP contribution in [0.1, 0.15) is 26.3 Å². The molecule has 1 rings (SSSR count). The van der Waals surface area contributed by atoms with E-state index in [4.69, 9.17) is 4.74 Å². The molecule has 5 heteroatoms. The van der Waals surface area contributed by atoms with Gasteiger partial charge in [-0.2, -0.15) is 0 Å². The fourth-order valence-corrected chi connectivity index (χ4v) is 2.50. The van der Waals surface area contributed by atoms with E-state index in [1.54, 1.807) is 26.0 Å². The maximum absolute atomic E-state index is 10.9. The Bertz CT molecular complexity index is 399. The van der Waals surface area contributed by atoms with Gasteiger partial charge in [-0.05, 0) is 63.4 Å². The quantitative estimate of drug-likeness (QED) is 0.656. The molecule has 88 valence electrons. The fourth-order valence-electron chi connectivity index (χ4n) is 1.15. The summed E-state index contributed by atoms with van der Waals surface area (Å²) in [5, 5.41) is 9.86. The molecule has 0 saturated heterocycles. The molecule has 0 aliphatic rings. The van der Waals surface area contributed by atoms with Gasteiger partial charge in [0, 0.05) is 6.92 Å². The van der Waals surface area contributed by atoms with E-state index in [9.17, 15) is 9.90 Å². The average Bonchev–Trinajstić information content (AvgIpc) is 2.09. The van der Waals surface area contributed by atoms with Gasteiger partial charge in [0.05, 0.1) is 14.5 Å². The Morgan fingerprint density at radius 3 is 2.06 bits per heavy atom. The summed E-state index contributed by atoms with van der Waals surface area (Å²) in [5.74, 6) is 0.0258. The van der Waals surface area contributed by atoms with Crippen LogP contribution in [0.25, 0.3) is 0 Å². The van der Waals surface area contributed by atoms with Crippen LogP contribution in [0.3, 0.4) is 0 Å². The third kappa shape index (κ3) is 3.30. The lowest BCUT2D eigenvalue weighted by Crippen LogP contribution is -2.15. The van der Waals surface area contributed by atoms with Crippen molar-refractivity contribution in [1.82, 2.24) is 0 Å². The number of aliphatic hydroxyl groups is 1. The van der Waals surface area contributed by atoms with Gasteiger partial charge >= 0.3 is 5.97 Å². The highest BCUT2D eigenvalue weighted by molar-refractivity contribution is 9.11. The zero-order chi connectivity index (χ0) is 12.5. The highest BCUT2D eigenvalue weighted by Crippen LogP contribution is 2.37. The molecule has 0 spiro atoms. The van der Waals surface area contributed by atoms with Crippen LogP contribution in [0.2, 0.25) is 0 Å². The summed E-state index contributed by atoms with van der Waals surface area (Å²) in [6.07, 6.45) is 0. The summed E-state index contributed by atoms with van der Waals surface area (Å²) in [6.45, 7) is 4.71. The van der Waals surface area contributed by atoms with Crippen molar-refractivity contribution in [2.75, 3.05) is 0 Å². The number of esters is 1. The normalized spacial score (nSPS) is 11.4. The zero-order valence-corrected chi connectivity index (χ0v) is 12.3. The Labute approximate surface area is 111 Å². The molecule has 0 aliphatic carbocycles. The predicted octanol–water partition coefficient (Wildman–Crippen LogP) is 3.36. The van der Waals surface area contributed by atoms with Crippen molar-refractivity contribution in [1.29, 1.82) is 0 Å². The number of carbonyl (C=O) groups is 1. The van der Waals surface area contributed by atoms with E-state index in [1.165, 1.54) is 6.92 Å². The van der Waals surface area contributed by atoms with Gasteiger partial charge in [0.1, 0.15) is 0 Å². The molecule has 0 unspecified atom stereocenters. The topological polar surface area (TPSA) is 46.5 Å². The van der Waals surface area contributed by atoms with Gasteiger partial charge in [-0.3, -0.25) is 4.79 Å². The van der Waals surface area contributed by atoms with Crippen molar-refractivity contribution in [2.45, 2.75) is 26.4 Å². The van der Waals surface area contributed by atoms with E-state index >= 15 is 0 Å². The average molecular weight is 352 g/mol. The molecule has 16 heavy (non-hydrogen) atoms.